The third-order valence-corrected chi connectivity index (χ3v) is 4.20. The summed E-state index contributed by atoms with van der Waals surface area (Å²) in [6.07, 6.45) is 2.16. The van der Waals surface area contributed by atoms with Crippen LogP contribution < -0.4 is 10.1 Å². The summed E-state index contributed by atoms with van der Waals surface area (Å²) in [4.78, 5) is 50.1. The number of imide groups is 1. The average Bonchev–Trinajstić information content (AvgIpc) is 2.94. The summed E-state index contributed by atoms with van der Waals surface area (Å²) in [5, 5.41) is 12.2. The summed E-state index contributed by atoms with van der Waals surface area (Å²) in [5.41, 5.74) is -0.0699. The quantitative estimate of drug-likeness (QED) is 0.272. The van der Waals surface area contributed by atoms with Crippen molar-refractivity contribution in [2.75, 3.05) is 0 Å². The molecule has 0 radical (unpaired) electrons. The lowest BCUT2D eigenvalue weighted by Crippen LogP contribution is -2.31. The van der Waals surface area contributed by atoms with Gasteiger partial charge in [0.05, 0.1) is 5.56 Å². The monoisotopic (exact) mass is 376 g/mol. The Bertz CT molecular complexity index is 1120. The third-order valence-electron chi connectivity index (χ3n) is 4.20. The molecule has 2 aromatic carbocycles. The molecule has 2 N–H and O–H groups in total. The number of phenolic OH excluding ortho intramolecular Hbond substituents is 1. The van der Waals surface area contributed by atoms with Crippen molar-refractivity contribution in [1.82, 2.24) is 10.2 Å². The van der Waals surface area contributed by atoms with E-state index < -0.39 is 29.3 Å². The van der Waals surface area contributed by atoms with Crippen LogP contribution in [-0.2, 0) is 9.59 Å². The first-order valence-corrected chi connectivity index (χ1v) is 8.17. The molecule has 0 aliphatic carbocycles. The van der Waals surface area contributed by atoms with E-state index in [1.165, 1.54) is 24.3 Å². The van der Waals surface area contributed by atoms with E-state index in [-0.39, 0.29) is 22.8 Å². The first-order valence-electron chi connectivity index (χ1n) is 8.17. The fraction of sp³-hybridized carbons (Fsp3) is 0. The minimum atomic E-state index is -0.956. The molecule has 2 aliphatic rings. The second kappa shape index (κ2) is 6.51. The second-order valence-electron chi connectivity index (χ2n) is 5.98. The molecule has 1 fully saturated rings. The fourth-order valence-corrected chi connectivity index (χ4v) is 2.81. The number of nitrogens with zero attached hydrogens (tertiary/aromatic N) is 1. The number of para-hydroxylation sites is 2. The van der Waals surface area contributed by atoms with Crippen molar-refractivity contribution >= 4 is 29.8 Å². The predicted octanol–water partition coefficient (Wildman–Crippen LogP) is 1.97. The number of ether oxygens (including phenoxy) is 1. The molecule has 0 atom stereocenters. The first-order chi connectivity index (χ1) is 13.5. The number of Topliss-reactive ketones (excluding diaryl/α,β-unsaturated/α-hetero) is 1. The van der Waals surface area contributed by atoms with Gasteiger partial charge in [-0.2, -0.15) is 0 Å². The summed E-state index contributed by atoms with van der Waals surface area (Å²) in [7, 11) is 0. The molecule has 8 nitrogen and oxygen atoms in total. The minimum Gasteiger partial charge on any atom is -0.507 e. The Morgan fingerprint density at radius 2 is 1.68 bits per heavy atom. The zero-order chi connectivity index (χ0) is 19.8. The SMILES string of the molecule is O=C1Oc2ccccc2C(=O)/C1=C\N1C(=O)N/C(=C/c2ccccc2O)C1=O. The topological polar surface area (TPSA) is 113 Å². The summed E-state index contributed by atoms with van der Waals surface area (Å²) >= 11 is 0. The summed E-state index contributed by atoms with van der Waals surface area (Å²) in [6, 6.07) is 11.6. The highest BCUT2D eigenvalue weighted by atomic mass is 16.5. The molecule has 28 heavy (non-hydrogen) atoms. The van der Waals surface area contributed by atoms with Gasteiger partial charge in [-0.15, -0.1) is 0 Å². The Morgan fingerprint density at radius 3 is 2.46 bits per heavy atom. The van der Waals surface area contributed by atoms with Crippen molar-refractivity contribution in [2.24, 2.45) is 0 Å². The van der Waals surface area contributed by atoms with Gasteiger partial charge in [-0.05, 0) is 24.3 Å². The number of carbonyl (C=O) groups excluding carboxylic acids is 4. The highest BCUT2D eigenvalue weighted by Gasteiger charge is 2.37. The van der Waals surface area contributed by atoms with Gasteiger partial charge in [-0.1, -0.05) is 30.3 Å². The number of carbonyl (C=O) groups is 4. The molecular formula is C20H12N2O6. The molecular weight excluding hydrogens is 364 g/mol. The maximum absolute atomic E-state index is 12.6. The lowest BCUT2D eigenvalue weighted by Gasteiger charge is -2.17. The highest BCUT2D eigenvalue weighted by Crippen LogP contribution is 2.28. The maximum atomic E-state index is 12.6. The predicted molar refractivity (Wildman–Crippen MR) is 96.0 cm³/mol. The Hall–Kier alpha value is -4.20. The van der Waals surface area contributed by atoms with Crippen LogP contribution in [0.4, 0.5) is 4.79 Å². The van der Waals surface area contributed by atoms with Gasteiger partial charge >= 0.3 is 12.0 Å². The number of aromatic hydroxyl groups is 1. The maximum Gasteiger partial charge on any atom is 0.349 e. The number of phenols is 1. The lowest BCUT2D eigenvalue weighted by atomic mass is 10.0. The van der Waals surface area contributed by atoms with Crippen molar-refractivity contribution in [3.8, 4) is 11.5 Å². The molecule has 2 aromatic rings. The van der Waals surface area contributed by atoms with Gasteiger partial charge in [0.15, 0.2) is 0 Å². The van der Waals surface area contributed by atoms with Crippen molar-refractivity contribution in [3.05, 3.63) is 77.1 Å². The number of rotatable bonds is 2. The van der Waals surface area contributed by atoms with Gasteiger partial charge in [0.25, 0.3) is 5.91 Å². The van der Waals surface area contributed by atoms with Crippen LogP contribution in [0, 0.1) is 0 Å². The summed E-state index contributed by atoms with van der Waals surface area (Å²) in [6.45, 7) is 0. The van der Waals surface area contributed by atoms with E-state index in [4.69, 9.17) is 4.74 Å². The van der Waals surface area contributed by atoms with E-state index in [0.29, 0.717) is 10.5 Å². The highest BCUT2D eigenvalue weighted by molar-refractivity contribution is 6.28. The Morgan fingerprint density at radius 1 is 0.964 bits per heavy atom. The molecule has 0 unspecified atom stereocenters. The van der Waals surface area contributed by atoms with E-state index in [0.717, 1.165) is 6.20 Å². The zero-order valence-corrected chi connectivity index (χ0v) is 14.2. The molecule has 3 amide bonds. The van der Waals surface area contributed by atoms with E-state index in [2.05, 4.69) is 5.32 Å². The van der Waals surface area contributed by atoms with Crippen LogP contribution in [0.2, 0.25) is 0 Å². The van der Waals surface area contributed by atoms with E-state index in [9.17, 15) is 24.3 Å². The van der Waals surface area contributed by atoms with Crippen LogP contribution in [0.1, 0.15) is 15.9 Å². The second-order valence-corrected chi connectivity index (χ2v) is 5.98. The van der Waals surface area contributed by atoms with Crippen LogP contribution in [0.25, 0.3) is 6.08 Å². The molecule has 0 bridgehead atoms. The van der Waals surface area contributed by atoms with Gasteiger partial charge < -0.3 is 15.2 Å². The molecule has 1 saturated heterocycles. The standard InChI is InChI=1S/C20H12N2O6/c23-15-7-3-1-5-11(15)9-14-18(25)22(20(27)21-14)10-13-17(24)12-6-2-4-8-16(12)28-19(13)26/h1-10,23H,(H,21,27)/b13-10+,14-9+. The molecule has 0 spiro atoms. The molecule has 8 heteroatoms. The molecule has 4 rings (SSSR count). The number of hydrogen-bond donors (Lipinski definition) is 2. The number of hydrogen-bond acceptors (Lipinski definition) is 6. The van der Waals surface area contributed by atoms with E-state index >= 15 is 0 Å². The number of amides is 3. The molecule has 0 aromatic heterocycles. The minimum absolute atomic E-state index is 0.0727. The molecule has 0 saturated carbocycles. The van der Waals surface area contributed by atoms with Gasteiger partial charge in [0.1, 0.15) is 22.8 Å². The number of nitrogens with one attached hydrogen (secondary N) is 1. The largest absolute Gasteiger partial charge is 0.507 e. The van der Waals surface area contributed by atoms with Crippen molar-refractivity contribution in [2.45, 2.75) is 0 Å². The number of urea groups is 1. The van der Waals surface area contributed by atoms with Crippen molar-refractivity contribution < 1.29 is 29.0 Å². The Balaban J connectivity index is 1.68. The molecule has 138 valence electrons. The average molecular weight is 376 g/mol. The van der Waals surface area contributed by atoms with Crippen LogP contribution in [0.5, 0.6) is 11.5 Å². The number of fused-ring (bicyclic) bond motifs is 1. The number of benzene rings is 2. The van der Waals surface area contributed by atoms with Gasteiger partial charge in [0.2, 0.25) is 5.78 Å². The first kappa shape index (κ1) is 17.2. The summed E-state index contributed by atoms with van der Waals surface area (Å²) < 4.78 is 5.09. The Labute approximate surface area is 158 Å². The van der Waals surface area contributed by atoms with Crippen LogP contribution in [0.3, 0.4) is 0 Å². The summed E-state index contributed by atoms with van der Waals surface area (Å²) in [5.74, 6) is -2.34. The smallest absolute Gasteiger partial charge is 0.349 e. The van der Waals surface area contributed by atoms with Gasteiger partial charge in [-0.25, -0.2) is 14.5 Å². The molecule has 2 aliphatic heterocycles. The van der Waals surface area contributed by atoms with Crippen molar-refractivity contribution in [3.63, 3.8) is 0 Å². The third kappa shape index (κ3) is 2.82. The normalized spacial score (nSPS) is 19.1. The fourth-order valence-electron chi connectivity index (χ4n) is 2.81. The van der Waals surface area contributed by atoms with Gasteiger partial charge in [-0.3, -0.25) is 9.59 Å². The number of esters is 1. The number of ketones is 1. The molecule has 2 heterocycles. The van der Waals surface area contributed by atoms with Gasteiger partial charge in [0, 0.05) is 11.8 Å². The lowest BCUT2D eigenvalue weighted by molar-refractivity contribution is -0.130. The van der Waals surface area contributed by atoms with Crippen LogP contribution >= 0.6 is 0 Å². The van der Waals surface area contributed by atoms with Crippen molar-refractivity contribution in [1.29, 1.82) is 0 Å². The zero-order valence-electron chi connectivity index (χ0n) is 14.2. The van der Waals surface area contributed by atoms with Crippen LogP contribution in [0.15, 0.2) is 66.0 Å². The van der Waals surface area contributed by atoms with E-state index in [1.807, 2.05) is 0 Å². The van der Waals surface area contributed by atoms with Crippen LogP contribution in [-0.4, -0.2) is 33.7 Å². The van der Waals surface area contributed by atoms with E-state index in [1.54, 1.807) is 30.3 Å². The Kier molecular flexibility index (Phi) is 4.00.